The van der Waals surface area contributed by atoms with Gasteiger partial charge in [0, 0.05) is 31.7 Å². The highest BCUT2D eigenvalue weighted by atomic mass is 32.2. The molecule has 0 bridgehead atoms. The number of amides is 1. The van der Waals surface area contributed by atoms with E-state index in [1.807, 2.05) is 0 Å². The van der Waals surface area contributed by atoms with E-state index in [1.165, 1.54) is 16.4 Å². The number of ether oxygens (including phenoxy) is 2. The first-order valence-corrected chi connectivity index (χ1v) is 11.9. The number of benzene rings is 2. The normalized spacial score (nSPS) is 16.8. The number of aryl methyl sites for hydroxylation is 1. The Kier molecular flexibility index (Phi) is 6.66. The summed E-state index contributed by atoms with van der Waals surface area (Å²) in [5, 5.41) is 0. The van der Waals surface area contributed by atoms with Crippen molar-refractivity contribution in [2.75, 3.05) is 33.3 Å². The molecule has 0 spiro atoms. The Morgan fingerprint density at radius 2 is 1.64 bits per heavy atom. The van der Waals surface area contributed by atoms with Gasteiger partial charge in [0.2, 0.25) is 10.0 Å². The zero-order valence-corrected chi connectivity index (χ0v) is 18.9. The molecule has 1 amide bonds. The van der Waals surface area contributed by atoms with E-state index in [9.17, 15) is 22.0 Å². The van der Waals surface area contributed by atoms with E-state index in [-0.39, 0.29) is 36.1 Å². The number of carbonyl (C=O) groups is 1. The van der Waals surface area contributed by atoms with Gasteiger partial charge in [-0.3, -0.25) is 4.79 Å². The molecule has 0 radical (unpaired) electrons. The van der Waals surface area contributed by atoms with Crippen molar-refractivity contribution in [2.45, 2.75) is 19.5 Å². The van der Waals surface area contributed by atoms with Crippen LogP contribution < -0.4 is 9.47 Å². The average molecular weight is 479 g/mol. The van der Waals surface area contributed by atoms with E-state index in [2.05, 4.69) is 4.74 Å². The summed E-state index contributed by atoms with van der Waals surface area (Å²) >= 11 is 0. The third kappa shape index (κ3) is 5.01. The van der Waals surface area contributed by atoms with Gasteiger partial charge in [-0.1, -0.05) is 6.07 Å². The van der Waals surface area contributed by atoms with Crippen LogP contribution in [-0.4, -0.2) is 63.4 Å². The van der Waals surface area contributed by atoms with Gasteiger partial charge < -0.3 is 14.4 Å². The Labute approximate surface area is 191 Å². The van der Waals surface area contributed by atoms with Crippen molar-refractivity contribution in [3.05, 3.63) is 64.1 Å². The number of carbonyl (C=O) groups excluding carboxylic acids is 1. The maximum Gasteiger partial charge on any atom is 0.387 e. The number of hydrogen-bond donors (Lipinski definition) is 0. The van der Waals surface area contributed by atoms with Crippen LogP contribution in [0.15, 0.2) is 47.4 Å². The second-order valence-electron chi connectivity index (χ2n) is 7.77. The average Bonchev–Trinajstić information content (AvgIpc) is 2.83. The molecule has 4 rings (SSSR count). The van der Waals surface area contributed by atoms with Gasteiger partial charge in [0.25, 0.3) is 5.91 Å². The minimum atomic E-state index is -3.69. The molecule has 10 heteroatoms. The van der Waals surface area contributed by atoms with Gasteiger partial charge in [-0.25, -0.2) is 8.42 Å². The summed E-state index contributed by atoms with van der Waals surface area (Å²) in [6, 6.07) is 11.3. The zero-order chi connectivity index (χ0) is 23.6. The number of nitrogens with zero attached hydrogens (tertiary/aromatic N) is 2. The third-order valence-electron chi connectivity index (χ3n) is 5.83. The lowest BCUT2D eigenvalue weighted by Gasteiger charge is -2.35. The van der Waals surface area contributed by atoms with Crippen LogP contribution in [0.3, 0.4) is 0 Å². The first-order valence-electron chi connectivity index (χ1n) is 10.5. The number of fused-ring (bicyclic) bond motifs is 1. The Balaban J connectivity index is 1.42. The van der Waals surface area contributed by atoms with Crippen LogP contribution >= 0.6 is 0 Å². The second-order valence-corrected chi connectivity index (χ2v) is 9.77. The Morgan fingerprint density at radius 3 is 2.27 bits per heavy atom. The highest BCUT2D eigenvalue weighted by Crippen LogP contribution is 2.32. The zero-order valence-electron chi connectivity index (χ0n) is 18.0. The molecule has 33 heavy (non-hydrogen) atoms. The highest BCUT2D eigenvalue weighted by Gasteiger charge is 2.33. The summed E-state index contributed by atoms with van der Waals surface area (Å²) < 4.78 is 62.2. The molecule has 2 aliphatic rings. The smallest absolute Gasteiger partial charge is 0.387 e. The summed E-state index contributed by atoms with van der Waals surface area (Å²) in [6.45, 7) is -1.91. The van der Waals surface area contributed by atoms with E-state index >= 15 is 0 Å². The first kappa shape index (κ1) is 23.2. The van der Waals surface area contributed by atoms with Crippen molar-refractivity contribution in [3.8, 4) is 11.5 Å². The molecule has 0 saturated carbocycles. The summed E-state index contributed by atoms with van der Waals surface area (Å²) in [5.41, 5.74) is 1.96. The van der Waals surface area contributed by atoms with Crippen molar-refractivity contribution < 1.29 is 31.5 Å². The van der Waals surface area contributed by atoms with Crippen LogP contribution in [-0.2, 0) is 16.4 Å². The predicted octanol–water partition coefficient (Wildman–Crippen LogP) is 3.37. The molecule has 1 aliphatic carbocycles. The Hall–Kier alpha value is -2.98. The minimum absolute atomic E-state index is 0.0566. The first-order chi connectivity index (χ1) is 15.8. The summed E-state index contributed by atoms with van der Waals surface area (Å²) in [7, 11) is -2.14. The maximum absolute atomic E-state index is 13.2. The third-order valence-corrected chi connectivity index (χ3v) is 7.86. The van der Waals surface area contributed by atoms with E-state index in [4.69, 9.17) is 4.74 Å². The summed E-state index contributed by atoms with van der Waals surface area (Å²) in [4.78, 5) is 14.7. The summed E-state index contributed by atoms with van der Waals surface area (Å²) in [6.07, 6.45) is 2.28. The van der Waals surface area contributed by atoms with Crippen LogP contribution in [0.1, 0.15) is 27.9 Å². The molecule has 1 saturated heterocycles. The molecule has 1 fully saturated rings. The molecular formula is C23H24F2N2O5S. The lowest BCUT2D eigenvalue weighted by atomic mass is 9.97. The largest absolute Gasteiger partial charge is 0.497 e. The maximum atomic E-state index is 13.2. The minimum Gasteiger partial charge on any atom is -0.497 e. The second kappa shape index (κ2) is 9.48. The molecule has 2 aromatic carbocycles. The number of methoxy groups -OCH3 is 1. The van der Waals surface area contributed by atoms with Crippen molar-refractivity contribution >= 4 is 22.0 Å². The van der Waals surface area contributed by atoms with Gasteiger partial charge in [-0.05, 0) is 66.4 Å². The van der Waals surface area contributed by atoms with Crippen molar-refractivity contribution in [3.63, 3.8) is 0 Å². The molecule has 0 atom stereocenters. The van der Waals surface area contributed by atoms with E-state index in [0.717, 1.165) is 5.56 Å². The fourth-order valence-electron chi connectivity index (χ4n) is 4.04. The molecule has 0 unspecified atom stereocenters. The van der Waals surface area contributed by atoms with Gasteiger partial charge in [-0.2, -0.15) is 13.1 Å². The van der Waals surface area contributed by atoms with Gasteiger partial charge in [0.15, 0.2) is 0 Å². The van der Waals surface area contributed by atoms with Gasteiger partial charge in [-0.15, -0.1) is 0 Å². The van der Waals surface area contributed by atoms with Crippen molar-refractivity contribution in [2.24, 2.45) is 0 Å². The molecule has 0 aromatic heterocycles. The fourth-order valence-corrected chi connectivity index (χ4v) is 5.65. The van der Waals surface area contributed by atoms with E-state index in [1.54, 1.807) is 48.4 Å². The SMILES string of the molecule is COc1ccc(C(=O)N2CCN(S(=O)(=O)C3=Cc4ccc(OC(F)F)cc4CC3)CC2)cc1. The molecular weight excluding hydrogens is 454 g/mol. The monoisotopic (exact) mass is 478 g/mol. The number of piperazine rings is 1. The topological polar surface area (TPSA) is 76.2 Å². The molecule has 2 aromatic rings. The number of alkyl halides is 2. The number of sulfonamides is 1. The summed E-state index contributed by atoms with van der Waals surface area (Å²) in [5.74, 6) is 0.561. The van der Waals surface area contributed by atoms with Crippen LogP contribution in [0.25, 0.3) is 6.08 Å². The molecule has 0 N–H and O–H groups in total. The Morgan fingerprint density at radius 1 is 0.970 bits per heavy atom. The lowest BCUT2D eigenvalue weighted by molar-refractivity contribution is -0.0498. The van der Waals surface area contributed by atoms with Crippen LogP contribution in [0.2, 0.25) is 0 Å². The molecule has 1 aliphatic heterocycles. The van der Waals surface area contributed by atoms with Gasteiger partial charge in [0.1, 0.15) is 11.5 Å². The number of hydrogen-bond acceptors (Lipinski definition) is 5. The highest BCUT2D eigenvalue weighted by molar-refractivity contribution is 7.93. The van der Waals surface area contributed by atoms with Crippen molar-refractivity contribution in [1.82, 2.24) is 9.21 Å². The van der Waals surface area contributed by atoms with Crippen LogP contribution in [0.5, 0.6) is 11.5 Å². The lowest BCUT2D eigenvalue weighted by Crippen LogP contribution is -2.50. The van der Waals surface area contributed by atoms with E-state index < -0.39 is 16.6 Å². The standard InChI is InChI=1S/C23H24F2N2O5S/c1-31-19-6-2-16(3-7-19)22(28)26-10-12-27(13-11-26)33(29,30)21-9-5-17-14-20(32-23(24)25)8-4-18(17)15-21/h2-4,6-8,14-15,23H,5,9-13H2,1H3. The van der Waals surface area contributed by atoms with Crippen molar-refractivity contribution in [1.29, 1.82) is 0 Å². The number of allylic oxidation sites excluding steroid dienone is 1. The van der Waals surface area contributed by atoms with Crippen LogP contribution in [0.4, 0.5) is 8.78 Å². The number of halogens is 2. The van der Waals surface area contributed by atoms with Gasteiger partial charge >= 0.3 is 6.61 Å². The number of rotatable bonds is 6. The van der Waals surface area contributed by atoms with Crippen LogP contribution in [0, 0.1) is 0 Å². The van der Waals surface area contributed by atoms with Gasteiger partial charge in [0.05, 0.1) is 12.0 Å². The quantitative estimate of drug-likeness (QED) is 0.637. The Bertz CT molecular complexity index is 1160. The fraction of sp³-hybridized carbons (Fsp3) is 0.348. The predicted molar refractivity (Wildman–Crippen MR) is 119 cm³/mol. The molecule has 7 nitrogen and oxygen atoms in total. The molecule has 176 valence electrons. The van der Waals surface area contributed by atoms with E-state index in [0.29, 0.717) is 36.4 Å². The molecule has 1 heterocycles.